The van der Waals surface area contributed by atoms with Gasteiger partial charge in [0.2, 0.25) is 0 Å². The van der Waals surface area contributed by atoms with Gasteiger partial charge in [-0.05, 0) is 89.8 Å². The monoisotopic (exact) mass is 397 g/mol. The summed E-state index contributed by atoms with van der Waals surface area (Å²) < 4.78 is 11.6. The molecule has 156 valence electrons. The van der Waals surface area contributed by atoms with Crippen molar-refractivity contribution in [2.75, 3.05) is 5.32 Å². The number of carbonyl (C=O) groups is 1. The highest BCUT2D eigenvalue weighted by molar-refractivity contribution is 6.48. The van der Waals surface area contributed by atoms with Crippen LogP contribution in [0.25, 0.3) is 0 Å². The number of ether oxygens (including phenoxy) is 1. The van der Waals surface area contributed by atoms with E-state index in [1.807, 2.05) is 52.8 Å². The molecule has 0 spiro atoms. The number of amides is 1. The molecule has 0 heterocycles. The van der Waals surface area contributed by atoms with Gasteiger partial charge >= 0.3 is 7.48 Å². The average Bonchev–Trinajstić information content (AvgIpc) is 2.61. The highest BCUT2D eigenvalue weighted by Gasteiger charge is 2.35. The van der Waals surface area contributed by atoms with Crippen LogP contribution >= 0.6 is 0 Å². The molecule has 0 aliphatic rings. The Bertz CT molecular complexity index is 839. The summed E-state index contributed by atoms with van der Waals surface area (Å²) in [7, 11) is 0.341. The fourth-order valence-corrected chi connectivity index (χ4v) is 2.56. The molecule has 0 saturated carbocycles. The molecule has 0 saturated heterocycles. The highest BCUT2D eigenvalue weighted by Crippen LogP contribution is 2.24. The first kappa shape index (κ1) is 23.0. The van der Waals surface area contributed by atoms with Crippen molar-refractivity contribution >= 4 is 24.5 Å². The van der Waals surface area contributed by atoms with Crippen LogP contribution in [0.4, 0.5) is 5.69 Å². The maximum absolute atomic E-state index is 12.6. The summed E-state index contributed by atoms with van der Waals surface area (Å²) in [5.74, 6) is 0.556. The van der Waals surface area contributed by atoms with Crippen molar-refractivity contribution in [2.24, 2.45) is 0 Å². The molecule has 0 atom stereocenters. The van der Waals surface area contributed by atoms with Gasteiger partial charge in [0.15, 0.2) is 0 Å². The molecule has 6 heteroatoms. The molecule has 0 aliphatic carbocycles. The molecule has 5 nitrogen and oxygen atoms in total. The Hall–Kier alpha value is -2.31. The number of nitrogens with one attached hydrogen (secondary N) is 1. The van der Waals surface area contributed by atoms with Gasteiger partial charge < -0.3 is 19.8 Å². The maximum Gasteiger partial charge on any atom is 0.309 e. The average molecular weight is 397 g/mol. The summed E-state index contributed by atoms with van der Waals surface area (Å²) in [5, 5.41) is 13.2. The number of anilines is 1. The Labute approximate surface area is 174 Å². The first-order valence-electron chi connectivity index (χ1n) is 9.93. The van der Waals surface area contributed by atoms with E-state index in [4.69, 9.17) is 9.39 Å². The number of hydrogen-bond donors (Lipinski definition) is 2. The van der Waals surface area contributed by atoms with Crippen molar-refractivity contribution in [1.29, 1.82) is 0 Å². The van der Waals surface area contributed by atoms with Crippen LogP contribution in [0.2, 0.25) is 0 Å². The van der Waals surface area contributed by atoms with Crippen LogP contribution in [0.5, 0.6) is 5.75 Å². The van der Waals surface area contributed by atoms with Gasteiger partial charge in [0.05, 0.1) is 17.3 Å². The van der Waals surface area contributed by atoms with Crippen LogP contribution < -0.4 is 15.5 Å². The molecule has 0 fully saturated rings. The zero-order valence-electron chi connectivity index (χ0n) is 18.5. The first-order chi connectivity index (χ1) is 13.4. The quantitative estimate of drug-likeness (QED) is 0.669. The van der Waals surface area contributed by atoms with E-state index in [-0.39, 0.29) is 12.0 Å². The minimum absolute atomic E-state index is 0.0867. The first-order valence-corrected chi connectivity index (χ1v) is 9.93. The Morgan fingerprint density at radius 1 is 1.07 bits per heavy atom. The van der Waals surface area contributed by atoms with Crippen molar-refractivity contribution in [1.82, 2.24) is 0 Å². The number of benzene rings is 2. The van der Waals surface area contributed by atoms with Crippen molar-refractivity contribution in [3.8, 4) is 5.75 Å². The van der Waals surface area contributed by atoms with Crippen molar-refractivity contribution in [3.05, 3.63) is 53.6 Å². The van der Waals surface area contributed by atoms with Gasteiger partial charge in [-0.25, -0.2) is 0 Å². The Balaban J connectivity index is 2.10. The Morgan fingerprint density at radius 2 is 1.69 bits per heavy atom. The van der Waals surface area contributed by atoms with Crippen LogP contribution in [-0.2, 0) is 4.65 Å². The topological polar surface area (TPSA) is 67.8 Å². The van der Waals surface area contributed by atoms with E-state index in [2.05, 4.69) is 5.32 Å². The lowest BCUT2D eigenvalue weighted by Gasteiger charge is -2.37. The van der Waals surface area contributed by atoms with E-state index in [1.165, 1.54) is 0 Å². The molecule has 29 heavy (non-hydrogen) atoms. The molecular formula is C23H32BNO4. The molecule has 0 aromatic heterocycles. The molecule has 1 amide bonds. The second-order valence-corrected chi connectivity index (χ2v) is 8.59. The zero-order chi connectivity index (χ0) is 21.8. The predicted molar refractivity (Wildman–Crippen MR) is 120 cm³/mol. The minimum Gasteiger partial charge on any atom is -0.491 e. The summed E-state index contributed by atoms with van der Waals surface area (Å²) in [5.41, 5.74) is 1.51. The van der Waals surface area contributed by atoms with Gasteiger partial charge in [0, 0.05) is 11.3 Å². The molecule has 0 unspecified atom stereocenters. The summed E-state index contributed by atoms with van der Waals surface area (Å²) >= 11 is 0. The van der Waals surface area contributed by atoms with Crippen LogP contribution in [0.1, 0.15) is 57.5 Å². The lowest BCUT2D eigenvalue weighted by Crippen LogP contribution is -2.49. The van der Waals surface area contributed by atoms with Crippen molar-refractivity contribution < 1.29 is 19.3 Å². The molecule has 0 radical (unpaired) electrons. The lowest BCUT2D eigenvalue weighted by molar-refractivity contribution is -0.0893. The predicted octanol–water partition coefficient (Wildman–Crippen LogP) is 3.58. The van der Waals surface area contributed by atoms with Gasteiger partial charge in [0.25, 0.3) is 5.91 Å². The van der Waals surface area contributed by atoms with E-state index in [1.54, 1.807) is 38.1 Å². The Kier molecular flexibility index (Phi) is 7.14. The largest absolute Gasteiger partial charge is 0.491 e. The molecular weight excluding hydrogens is 365 g/mol. The summed E-state index contributed by atoms with van der Waals surface area (Å²) in [6.07, 6.45) is 0.0867. The van der Waals surface area contributed by atoms with Crippen LogP contribution in [0.3, 0.4) is 0 Å². The van der Waals surface area contributed by atoms with Gasteiger partial charge in [-0.15, -0.1) is 0 Å². The van der Waals surface area contributed by atoms with E-state index < -0.39 is 11.2 Å². The van der Waals surface area contributed by atoms with E-state index in [9.17, 15) is 9.90 Å². The molecule has 2 aromatic rings. The van der Waals surface area contributed by atoms with E-state index in [0.717, 1.165) is 22.5 Å². The molecule has 0 bridgehead atoms. The fraction of sp³-hybridized carbons (Fsp3) is 0.435. The third-order valence-electron chi connectivity index (χ3n) is 5.24. The summed E-state index contributed by atoms with van der Waals surface area (Å²) in [6, 6.07) is 12.8. The fourth-order valence-electron chi connectivity index (χ4n) is 2.56. The van der Waals surface area contributed by atoms with E-state index >= 15 is 0 Å². The third-order valence-corrected chi connectivity index (χ3v) is 5.24. The number of hydrogen-bond acceptors (Lipinski definition) is 4. The molecule has 2 N–H and O–H groups in total. The van der Waals surface area contributed by atoms with Gasteiger partial charge in [0.1, 0.15) is 5.75 Å². The second-order valence-electron chi connectivity index (χ2n) is 8.59. The van der Waals surface area contributed by atoms with Gasteiger partial charge in [-0.2, -0.15) is 0 Å². The van der Waals surface area contributed by atoms with Crippen LogP contribution in [0.15, 0.2) is 42.5 Å². The number of rotatable bonds is 8. The molecule has 2 aromatic carbocycles. The lowest BCUT2D eigenvalue weighted by atomic mass is 9.80. The van der Waals surface area contributed by atoms with Crippen molar-refractivity contribution in [2.45, 2.75) is 65.8 Å². The van der Waals surface area contributed by atoms with Crippen LogP contribution in [0, 0.1) is 6.92 Å². The normalized spacial score (nSPS) is 12.0. The second kappa shape index (κ2) is 9.01. The number of carbonyl (C=O) groups excluding carboxylic acids is 1. The zero-order valence-corrected chi connectivity index (χ0v) is 18.5. The van der Waals surface area contributed by atoms with Gasteiger partial charge in [-0.1, -0.05) is 12.1 Å². The van der Waals surface area contributed by atoms with Gasteiger partial charge in [-0.3, -0.25) is 4.79 Å². The summed E-state index contributed by atoms with van der Waals surface area (Å²) in [4.78, 5) is 12.6. The Morgan fingerprint density at radius 3 is 2.24 bits per heavy atom. The van der Waals surface area contributed by atoms with E-state index in [0.29, 0.717) is 13.0 Å². The van der Waals surface area contributed by atoms with Crippen LogP contribution in [-0.4, -0.2) is 35.8 Å². The highest BCUT2D eigenvalue weighted by atomic mass is 16.5. The third kappa shape index (κ3) is 6.08. The SMILES string of the molecule is Cc1c(BOC(C)(C)C(C)(C)O)cccc1NC(=O)c1ccc(OC(C)C)cc1. The molecule has 2 rings (SSSR count). The number of aliphatic hydroxyl groups is 1. The van der Waals surface area contributed by atoms with Crippen molar-refractivity contribution in [3.63, 3.8) is 0 Å². The minimum atomic E-state index is -0.974. The molecule has 0 aliphatic heterocycles. The summed E-state index contributed by atoms with van der Waals surface area (Å²) in [6.45, 7) is 13.1. The maximum atomic E-state index is 12.6. The standard InChI is InChI=1S/C23H32BNO4/c1-15(2)28-18-13-11-17(12-14-18)21(26)25-20-10-8-9-19(16(20)3)24-29-23(6,7)22(4,5)27/h8-15,24,27H,1-7H3,(H,25,26). The smallest absolute Gasteiger partial charge is 0.309 e.